The van der Waals surface area contributed by atoms with Crippen LogP contribution in [0.25, 0.3) is 0 Å². The Bertz CT molecular complexity index is 148. The minimum absolute atomic E-state index is 0.130. The van der Waals surface area contributed by atoms with Gasteiger partial charge in [-0.3, -0.25) is 0 Å². The lowest BCUT2D eigenvalue weighted by atomic mass is 9.94. The molecule has 0 heterocycles. The number of nitrogens with one attached hydrogen (secondary N) is 1. The number of rotatable bonds is 9. The molecule has 0 bridgehead atoms. The number of hydrogen-bond donors (Lipinski definition) is 2. The Balaban J connectivity index is 3.74. The SMILES string of the molecule is CCCCCC(C)(CN)NCCN(C)C. The normalized spacial score (nSPS) is 15.6. The number of likely N-dealkylation sites (N-methyl/N-ethyl adjacent to an activating group) is 1. The van der Waals surface area contributed by atoms with E-state index in [0.717, 1.165) is 19.6 Å². The maximum atomic E-state index is 5.83. The van der Waals surface area contributed by atoms with Crippen LogP contribution in [0.15, 0.2) is 0 Å². The van der Waals surface area contributed by atoms with Crippen LogP contribution in [-0.4, -0.2) is 44.2 Å². The quantitative estimate of drug-likeness (QED) is 0.572. The molecule has 0 aliphatic rings. The molecule has 0 rings (SSSR count). The first-order valence-corrected chi connectivity index (χ1v) is 6.14. The van der Waals surface area contributed by atoms with Crippen molar-refractivity contribution in [2.45, 2.75) is 45.1 Å². The second-order valence-electron chi connectivity index (χ2n) is 4.95. The molecule has 0 aliphatic carbocycles. The zero-order valence-electron chi connectivity index (χ0n) is 11.0. The summed E-state index contributed by atoms with van der Waals surface area (Å²) in [6.07, 6.45) is 5.05. The summed E-state index contributed by atoms with van der Waals surface area (Å²) in [6, 6.07) is 0. The molecule has 0 saturated carbocycles. The summed E-state index contributed by atoms with van der Waals surface area (Å²) < 4.78 is 0. The van der Waals surface area contributed by atoms with Crippen LogP contribution in [0, 0.1) is 0 Å². The molecule has 0 aromatic rings. The van der Waals surface area contributed by atoms with E-state index in [9.17, 15) is 0 Å². The monoisotopic (exact) mass is 215 g/mol. The van der Waals surface area contributed by atoms with Gasteiger partial charge >= 0.3 is 0 Å². The van der Waals surface area contributed by atoms with Crippen LogP contribution in [0.2, 0.25) is 0 Å². The van der Waals surface area contributed by atoms with Crippen molar-refractivity contribution in [3.05, 3.63) is 0 Å². The van der Waals surface area contributed by atoms with Crippen LogP contribution in [0.3, 0.4) is 0 Å². The average molecular weight is 215 g/mol. The zero-order chi connectivity index (χ0) is 11.7. The second kappa shape index (κ2) is 8.08. The van der Waals surface area contributed by atoms with Crippen LogP contribution < -0.4 is 11.1 Å². The van der Waals surface area contributed by atoms with E-state index < -0.39 is 0 Å². The fourth-order valence-electron chi connectivity index (χ4n) is 1.61. The molecule has 3 nitrogen and oxygen atoms in total. The van der Waals surface area contributed by atoms with Crippen molar-refractivity contribution in [3.63, 3.8) is 0 Å². The summed E-state index contributed by atoms with van der Waals surface area (Å²) in [6.45, 7) is 7.29. The molecule has 1 unspecified atom stereocenters. The van der Waals surface area contributed by atoms with Crippen LogP contribution in [0.1, 0.15) is 39.5 Å². The summed E-state index contributed by atoms with van der Waals surface area (Å²) in [4.78, 5) is 2.19. The molecule has 3 N–H and O–H groups in total. The highest BCUT2D eigenvalue weighted by Crippen LogP contribution is 2.13. The van der Waals surface area contributed by atoms with Gasteiger partial charge in [-0.25, -0.2) is 0 Å². The minimum Gasteiger partial charge on any atom is -0.329 e. The summed E-state index contributed by atoms with van der Waals surface area (Å²) >= 11 is 0. The van der Waals surface area contributed by atoms with Crippen LogP contribution >= 0.6 is 0 Å². The maximum Gasteiger partial charge on any atom is 0.0276 e. The molecule has 0 fully saturated rings. The summed E-state index contributed by atoms with van der Waals surface area (Å²) in [5.74, 6) is 0. The van der Waals surface area contributed by atoms with Gasteiger partial charge in [0, 0.05) is 25.2 Å². The van der Waals surface area contributed by atoms with Crippen molar-refractivity contribution in [2.75, 3.05) is 33.7 Å². The topological polar surface area (TPSA) is 41.3 Å². The highest BCUT2D eigenvalue weighted by atomic mass is 15.1. The van der Waals surface area contributed by atoms with Crippen LogP contribution in [-0.2, 0) is 0 Å². The van der Waals surface area contributed by atoms with Crippen molar-refractivity contribution >= 4 is 0 Å². The largest absolute Gasteiger partial charge is 0.329 e. The Hall–Kier alpha value is -0.120. The van der Waals surface area contributed by atoms with E-state index in [1.165, 1.54) is 25.7 Å². The smallest absolute Gasteiger partial charge is 0.0276 e. The predicted molar refractivity (Wildman–Crippen MR) is 68.2 cm³/mol. The van der Waals surface area contributed by atoms with Gasteiger partial charge in [-0.2, -0.15) is 0 Å². The molecular formula is C12H29N3. The Kier molecular flexibility index (Phi) is 8.02. The van der Waals surface area contributed by atoms with E-state index in [-0.39, 0.29) is 5.54 Å². The van der Waals surface area contributed by atoms with Gasteiger partial charge in [0.05, 0.1) is 0 Å². The molecule has 0 aromatic heterocycles. The minimum atomic E-state index is 0.130. The summed E-state index contributed by atoms with van der Waals surface area (Å²) in [5, 5.41) is 3.57. The third-order valence-corrected chi connectivity index (χ3v) is 2.89. The number of nitrogens with two attached hydrogens (primary N) is 1. The summed E-state index contributed by atoms with van der Waals surface area (Å²) in [7, 11) is 4.19. The van der Waals surface area contributed by atoms with Crippen molar-refractivity contribution in [2.24, 2.45) is 5.73 Å². The van der Waals surface area contributed by atoms with Gasteiger partial charge in [0.25, 0.3) is 0 Å². The zero-order valence-corrected chi connectivity index (χ0v) is 11.0. The van der Waals surface area contributed by atoms with Crippen LogP contribution in [0.4, 0.5) is 0 Å². The molecule has 0 aromatic carbocycles. The van der Waals surface area contributed by atoms with Gasteiger partial charge < -0.3 is 16.0 Å². The third-order valence-electron chi connectivity index (χ3n) is 2.89. The van der Waals surface area contributed by atoms with Gasteiger partial charge in [0.1, 0.15) is 0 Å². The van der Waals surface area contributed by atoms with Crippen molar-refractivity contribution in [3.8, 4) is 0 Å². The van der Waals surface area contributed by atoms with Gasteiger partial charge in [-0.15, -0.1) is 0 Å². The molecule has 15 heavy (non-hydrogen) atoms. The third kappa shape index (κ3) is 7.77. The standard InChI is InChI=1S/C12H29N3/c1-5-6-7-8-12(2,11-13)14-9-10-15(3)4/h14H,5-11,13H2,1-4H3. The fraction of sp³-hybridized carbons (Fsp3) is 1.00. The number of nitrogens with zero attached hydrogens (tertiary/aromatic N) is 1. The van der Waals surface area contributed by atoms with Gasteiger partial charge in [0.2, 0.25) is 0 Å². The first kappa shape index (κ1) is 14.9. The fourth-order valence-corrected chi connectivity index (χ4v) is 1.61. The van der Waals surface area contributed by atoms with E-state index in [2.05, 4.69) is 38.2 Å². The van der Waals surface area contributed by atoms with Gasteiger partial charge in [-0.1, -0.05) is 26.2 Å². The Morgan fingerprint density at radius 2 is 1.93 bits per heavy atom. The van der Waals surface area contributed by atoms with Gasteiger partial charge in [-0.05, 0) is 27.4 Å². The van der Waals surface area contributed by atoms with E-state index in [4.69, 9.17) is 5.73 Å². The van der Waals surface area contributed by atoms with E-state index in [0.29, 0.717) is 0 Å². The lowest BCUT2D eigenvalue weighted by molar-refractivity contribution is 0.302. The van der Waals surface area contributed by atoms with Crippen molar-refractivity contribution < 1.29 is 0 Å². The van der Waals surface area contributed by atoms with Crippen LogP contribution in [0.5, 0.6) is 0 Å². The summed E-state index contributed by atoms with van der Waals surface area (Å²) in [5.41, 5.74) is 5.96. The number of unbranched alkanes of at least 4 members (excludes halogenated alkanes) is 2. The molecule has 3 heteroatoms. The Morgan fingerprint density at radius 3 is 2.40 bits per heavy atom. The molecule has 0 radical (unpaired) electrons. The molecule has 0 spiro atoms. The second-order valence-corrected chi connectivity index (χ2v) is 4.95. The van der Waals surface area contributed by atoms with Gasteiger partial charge in [0.15, 0.2) is 0 Å². The Morgan fingerprint density at radius 1 is 1.27 bits per heavy atom. The highest BCUT2D eigenvalue weighted by molar-refractivity contribution is 4.84. The maximum absolute atomic E-state index is 5.83. The molecule has 0 saturated heterocycles. The average Bonchev–Trinajstić information content (AvgIpc) is 2.18. The van der Waals surface area contributed by atoms with Crippen molar-refractivity contribution in [1.82, 2.24) is 10.2 Å². The predicted octanol–water partition coefficient (Wildman–Crippen LogP) is 1.44. The molecule has 0 amide bonds. The molecular weight excluding hydrogens is 186 g/mol. The van der Waals surface area contributed by atoms with E-state index in [1.807, 2.05) is 0 Å². The van der Waals surface area contributed by atoms with Crippen molar-refractivity contribution in [1.29, 1.82) is 0 Å². The first-order valence-electron chi connectivity index (χ1n) is 6.14. The molecule has 92 valence electrons. The Labute approximate surface area is 95.4 Å². The number of hydrogen-bond acceptors (Lipinski definition) is 3. The van der Waals surface area contributed by atoms with E-state index >= 15 is 0 Å². The molecule has 0 aliphatic heterocycles. The lowest BCUT2D eigenvalue weighted by Crippen LogP contribution is -2.50. The van der Waals surface area contributed by atoms with E-state index in [1.54, 1.807) is 0 Å². The molecule has 1 atom stereocenters. The highest BCUT2D eigenvalue weighted by Gasteiger charge is 2.20. The first-order chi connectivity index (χ1) is 7.04. The lowest BCUT2D eigenvalue weighted by Gasteiger charge is -2.30.